The topological polar surface area (TPSA) is 76.7 Å². The third-order valence-electron chi connectivity index (χ3n) is 3.32. The molecule has 0 saturated carbocycles. The Morgan fingerprint density at radius 2 is 1.56 bits per heavy atom. The maximum atomic E-state index is 12.0. The minimum atomic E-state index is -0.292. The number of rotatable bonds is 8. The van der Waals surface area contributed by atoms with Gasteiger partial charge in [-0.2, -0.15) is 0 Å². The van der Waals surface area contributed by atoms with Crippen LogP contribution in [0.1, 0.15) is 19.8 Å². The van der Waals surface area contributed by atoms with Crippen LogP contribution in [-0.2, 0) is 9.59 Å². The Morgan fingerprint density at radius 3 is 2.24 bits per heavy atom. The molecule has 0 fully saturated rings. The first-order chi connectivity index (χ1) is 12.1. The number of anilines is 2. The van der Waals surface area contributed by atoms with Gasteiger partial charge < -0.3 is 20.1 Å². The molecule has 0 atom stereocenters. The van der Waals surface area contributed by atoms with E-state index in [1.165, 1.54) is 0 Å². The molecule has 6 nitrogen and oxygen atoms in total. The summed E-state index contributed by atoms with van der Waals surface area (Å²) < 4.78 is 10.6. The summed E-state index contributed by atoms with van der Waals surface area (Å²) in [4.78, 5) is 23.7. The molecule has 0 aliphatic heterocycles. The molecule has 0 unspecified atom stereocenters. The lowest BCUT2D eigenvalue weighted by atomic mass is 10.2. The second kappa shape index (κ2) is 9.32. The molecule has 2 aromatic carbocycles. The van der Waals surface area contributed by atoms with Crippen LogP contribution >= 0.6 is 0 Å². The summed E-state index contributed by atoms with van der Waals surface area (Å²) >= 11 is 0. The van der Waals surface area contributed by atoms with Crippen molar-refractivity contribution in [3.63, 3.8) is 0 Å². The molecule has 0 aliphatic rings. The first kappa shape index (κ1) is 18.3. The van der Waals surface area contributed by atoms with Gasteiger partial charge in [-0.25, -0.2) is 0 Å². The number of amides is 2. The standard InChI is InChI=1S/C19H22N2O4/c1-3-6-18(22)20-14-7-4-8-15(11-14)21-19(23)13-25-17-10-5-9-16(12-17)24-2/h4-5,7-12H,3,6,13H2,1-2H3,(H,20,22)(H,21,23). The van der Waals surface area contributed by atoms with Crippen molar-refractivity contribution in [2.45, 2.75) is 19.8 Å². The smallest absolute Gasteiger partial charge is 0.262 e. The maximum Gasteiger partial charge on any atom is 0.262 e. The van der Waals surface area contributed by atoms with Crippen molar-refractivity contribution in [2.75, 3.05) is 24.4 Å². The quantitative estimate of drug-likeness (QED) is 0.770. The fourth-order valence-electron chi connectivity index (χ4n) is 2.16. The van der Waals surface area contributed by atoms with Crippen molar-refractivity contribution >= 4 is 23.2 Å². The highest BCUT2D eigenvalue weighted by Gasteiger charge is 2.06. The van der Waals surface area contributed by atoms with Crippen molar-refractivity contribution < 1.29 is 19.1 Å². The molecule has 2 amide bonds. The first-order valence-electron chi connectivity index (χ1n) is 8.07. The highest BCUT2D eigenvalue weighted by atomic mass is 16.5. The minimum Gasteiger partial charge on any atom is -0.497 e. The van der Waals surface area contributed by atoms with Gasteiger partial charge in [0.25, 0.3) is 5.91 Å². The summed E-state index contributed by atoms with van der Waals surface area (Å²) in [6.45, 7) is 1.82. The molecule has 2 N–H and O–H groups in total. The molecule has 0 bridgehead atoms. The van der Waals surface area contributed by atoms with Crippen LogP contribution < -0.4 is 20.1 Å². The molecular formula is C19H22N2O4. The normalized spacial score (nSPS) is 10.0. The summed E-state index contributed by atoms with van der Waals surface area (Å²) in [6.07, 6.45) is 1.24. The van der Waals surface area contributed by atoms with Crippen LogP contribution in [0.25, 0.3) is 0 Å². The van der Waals surface area contributed by atoms with Crippen molar-refractivity contribution in [1.29, 1.82) is 0 Å². The van der Waals surface area contributed by atoms with E-state index in [1.807, 2.05) is 6.92 Å². The molecule has 2 rings (SSSR count). The molecule has 132 valence electrons. The lowest BCUT2D eigenvalue weighted by Gasteiger charge is -2.10. The molecule has 0 aliphatic carbocycles. The Kier molecular flexibility index (Phi) is 6.83. The molecule has 2 aromatic rings. The zero-order chi connectivity index (χ0) is 18.1. The molecule has 0 aromatic heterocycles. The Morgan fingerprint density at radius 1 is 0.920 bits per heavy atom. The Bertz CT molecular complexity index is 731. The molecule has 6 heteroatoms. The van der Waals surface area contributed by atoms with Gasteiger partial charge in [-0.1, -0.05) is 19.1 Å². The summed E-state index contributed by atoms with van der Waals surface area (Å²) in [5, 5.41) is 5.53. The number of hydrogen-bond acceptors (Lipinski definition) is 4. The number of methoxy groups -OCH3 is 1. The first-order valence-corrected chi connectivity index (χ1v) is 8.07. The van der Waals surface area contributed by atoms with Crippen LogP contribution in [0.15, 0.2) is 48.5 Å². The summed E-state index contributed by atoms with van der Waals surface area (Å²) in [5.41, 5.74) is 1.23. The molecule has 0 heterocycles. The fourth-order valence-corrected chi connectivity index (χ4v) is 2.16. The fraction of sp³-hybridized carbons (Fsp3) is 0.263. The van der Waals surface area contributed by atoms with Gasteiger partial charge in [-0.05, 0) is 36.8 Å². The van der Waals surface area contributed by atoms with Gasteiger partial charge in [0.2, 0.25) is 5.91 Å². The second-order valence-electron chi connectivity index (χ2n) is 5.39. The Hall–Kier alpha value is -3.02. The van der Waals surface area contributed by atoms with Gasteiger partial charge in [-0.3, -0.25) is 9.59 Å². The molecule has 0 spiro atoms. The SMILES string of the molecule is CCCC(=O)Nc1cccc(NC(=O)COc2cccc(OC)c2)c1. The lowest BCUT2D eigenvalue weighted by molar-refractivity contribution is -0.118. The van der Waals surface area contributed by atoms with Crippen LogP contribution in [-0.4, -0.2) is 25.5 Å². The van der Waals surface area contributed by atoms with E-state index in [0.29, 0.717) is 29.3 Å². The summed E-state index contributed by atoms with van der Waals surface area (Å²) in [6, 6.07) is 14.0. The van der Waals surface area contributed by atoms with Crippen LogP contribution in [0, 0.1) is 0 Å². The number of ether oxygens (including phenoxy) is 2. The summed E-state index contributed by atoms with van der Waals surface area (Å²) in [7, 11) is 1.57. The van der Waals surface area contributed by atoms with E-state index in [1.54, 1.807) is 55.6 Å². The summed E-state index contributed by atoms with van der Waals surface area (Å²) in [5.74, 6) is 0.871. The van der Waals surface area contributed by atoms with Crippen molar-refractivity contribution in [3.8, 4) is 11.5 Å². The highest BCUT2D eigenvalue weighted by molar-refractivity contribution is 5.94. The maximum absolute atomic E-state index is 12.0. The number of nitrogens with one attached hydrogen (secondary N) is 2. The number of carbonyl (C=O) groups is 2. The van der Waals surface area contributed by atoms with E-state index in [0.717, 1.165) is 6.42 Å². The predicted octanol–water partition coefficient (Wildman–Crippen LogP) is 3.45. The molecule has 0 radical (unpaired) electrons. The van der Waals surface area contributed by atoms with Crippen LogP contribution in [0.3, 0.4) is 0 Å². The average Bonchev–Trinajstić information content (AvgIpc) is 2.60. The van der Waals surface area contributed by atoms with Gasteiger partial charge >= 0.3 is 0 Å². The van der Waals surface area contributed by atoms with E-state index < -0.39 is 0 Å². The predicted molar refractivity (Wildman–Crippen MR) is 97.1 cm³/mol. The lowest BCUT2D eigenvalue weighted by Crippen LogP contribution is -2.20. The third kappa shape index (κ3) is 6.18. The van der Waals surface area contributed by atoms with Gasteiger partial charge in [0, 0.05) is 23.9 Å². The third-order valence-corrected chi connectivity index (χ3v) is 3.32. The van der Waals surface area contributed by atoms with E-state index in [9.17, 15) is 9.59 Å². The number of carbonyl (C=O) groups excluding carboxylic acids is 2. The van der Waals surface area contributed by atoms with E-state index in [-0.39, 0.29) is 18.4 Å². The Balaban J connectivity index is 1.88. The van der Waals surface area contributed by atoms with E-state index in [2.05, 4.69) is 10.6 Å². The monoisotopic (exact) mass is 342 g/mol. The van der Waals surface area contributed by atoms with Gasteiger partial charge in [0.05, 0.1) is 7.11 Å². The molecule has 0 saturated heterocycles. The van der Waals surface area contributed by atoms with Gasteiger partial charge in [0.1, 0.15) is 11.5 Å². The molecular weight excluding hydrogens is 320 g/mol. The minimum absolute atomic E-state index is 0.0488. The van der Waals surface area contributed by atoms with E-state index >= 15 is 0 Å². The van der Waals surface area contributed by atoms with Gasteiger partial charge in [0.15, 0.2) is 6.61 Å². The number of benzene rings is 2. The zero-order valence-corrected chi connectivity index (χ0v) is 14.4. The highest BCUT2D eigenvalue weighted by Crippen LogP contribution is 2.19. The largest absolute Gasteiger partial charge is 0.497 e. The van der Waals surface area contributed by atoms with Crippen LogP contribution in [0.2, 0.25) is 0 Å². The van der Waals surface area contributed by atoms with Gasteiger partial charge in [-0.15, -0.1) is 0 Å². The van der Waals surface area contributed by atoms with Crippen molar-refractivity contribution in [2.24, 2.45) is 0 Å². The van der Waals surface area contributed by atoms with Crippen LogP contribution in [0.5, 0.6) is 11.5 Å². The van der Waals surface area contributed by atoms with E-state index in [4.69, 9.17) is 9.47 Å². The number of hydrogen-bond donors (Lipinski definition) is 2. The van der Waals surface area contributed by atoms with Crippen LogP contribution in [0.4, 0.5) is 11.4 Å². The second-order valence-corrected chi connectivity index (χ2v) is 5.39. The molecule has 25 heavy (non-hydrogen) atoms. The zero-order valence-electron chi connectivity index (χ0n) is 14.4. The Labute approximate surface area is 147 Å². The van der Waals surface area contributed by atoms with Crippen molar-refractivity contribution in [3.05, 3.63) is 48.5 Å². The average molecular weight is 342 g/mol. The van der Waals surface area contributed by atoms with Crippen molar-refractivity contribution in [1.82, 2.24) is 0 Å².